The van der Waals surface area contributed by atoms with Crippen LogP contribution in [0.2, 0.25) is 0 Å². The van der Waals surface area contributed by atoms with E-state index in [1.807, 2.05) is 31.2 Å². The number of hydrogen-bond donors (Lipinski definition) is 1. The first kappa shape index (κ1) is 19.4. The first-order valence-electron chi connectivity index (χ1n) is 9.28. The quantitative estimate of drug-likeness (QED) is 0.824. The average molecular weight is 387 g/mol. The van der Waals surface area contributed by atoms with Gasteiger partial charge in [0.1, 0.15) is 0 Å². The van der Waals surface area contributed by atoms with Crippen LogP contribution in [0.3, 0.4) is 0 Å². The van der Waals surface area contributed by atoms with E-state index in [9.17, 15) is 13.2 Å². The molecular weight excluding hydrogens is 360 g/mol. The Bertz CT molecular complexity index is 901. The number of carbonyl (C=O) groups excluding carboxylic acids is 1. The summed E-state index contributed by atoms with van der Waals surface area (Å²) in [4.78, 5) is 12.4. The van der Waals surface area contributed by atoms with Crippen molar-refractivity contribution < 1.29 is 13.2 Å². The third-order valence-electron chi connectivity index (χ3n) is 5.08. The van der Waals surface area contributed by atoms with Gasteiger partial charge in [-0.25, -0.2) is 8.42 Å². The summed E-state index contributed by atoms with van der Waals surface area (Å²) in [6, 6.07) is 14.8. The number of nitrogens with one attached hydrogen (secondary N) is 1. The summed E-state index contributed by atoms with van der Waals surface area (Å²) < 4.78 is 26.1. The highest BCUT2D eigenvalue weighted by atomic mass is 32.2. The van der Waals surface area contributed by atoms with Crippen molar-refractivity contribution in [2.24, 2.45) is 0 Å². The lowest BCUT2D eigenvalue weighted by molar-refractivity contribution is 0.0938. The molecule has 1 fully saturated rings. The number of anilines is 1. The van der Waals surface area contributed by atoms with Crippen molar-refractivity contribution in [1.29, 1.82) is 0 Å². The van der Waals surface area contributed by atoms with Crippen molar-refractivity contribution in [2.45, 2.75) is 45.2 Å². The fraction of sp³-hybridized carbons (Fsp3) is 0.381. The Hall–Kier alpha value is -2.34. The second-order valence-electron chi connectivity index (χ2n) is 7.20. The minimum atomic E-state index is -3.45. The minimum absolute atomic E-state index is 0.0988. The molecule has 144 valence electrons. The van der Waals surface area contributed by atoms with Crippen LogP contribution in [-0.4, -0.2) is 26.6 Å². The number of nitrogens with zero attached hydrogens (tertiary/aromatic N) is 1. The maximum absolute atomic E-state index is 12.4. The van der Waals surface area contributed by atoms with Crippen LogP contribution in [-0.2, 0) is 16.6 Å². The molecule has 0 unspecified atom stereocenters. The lowest BCUT2D eigenvalue weighted by Crippen LogP contribution is -2.32. The molecule has 0 aliphatic heterocycles. The van der Waals surface area contributed by atoms with Crippen molar-refractivity contribution in [3.05, 3.63) is 65.2 Å². The van der Waals surface area contributed by atoms with Crippen LogP contribution < -0.4 is 9.62 Å². The van der Waals surface area contributed by atoms with E-state index in [2.05, 4.69) is 5.32 Å². The highest BCUT2D eigenvalue weighted by Crippen LogP contribution is 2.23. The monoisotopic (exact) mass is 386 g/mol. The lowest BCUT2D eigenvalue weighted by Gasteiger charge is -2.23. The van der Waals surface area contributed by atoms with Gasteiger partial charge in [-0.1, -0.05) is 37.1 Å². The van der Waals surface area contributed by atoms with E-state index < -0.39 is 10.0 Å². The molecule has 3 rings (SSSR count). The smallest absolute Gasteiger partial charge is 0.251 e. The molecule has 1 amide bonds. The number of amides is 1. The van der Waals surface area contributed by atoms with Gasteiger partial charge in [0.25, 0.3) is 5.91 Å². The van der Waals surface area contributed by atoms with Gasteiger partial charge in [0, 0.05) is 11.6 Å². The number of carbonyl (C=O) groups is 1. The standard InChI is InChI=1S/C21H26N2O3S/c1-16-7-3-4-8-18(16)15-23(27(2,25)26)20-13-11-17(12-14-20)21(24)22-19-9-5-6-10-19/h3-4,7-8,11-14,19H,5-6,9-10,15H2,1-2H3,(H,22,24). The van der Waals surface area contributed by atoms with Crippen LogP contribution in [0.5, 0.6) is 0 Å². The Labute approximate surface area is 161 Å². The van der Waals surface area contributed by atoms with Crippen LogP contribution >= 0.6 is 0 Å². The van der Waals surface area contributed by atoms with Gasteiger partial charge in [-0.3, -0.25) is 9.10 Å². The fourth-order valence-electron chi connectivity index (χ4n) is 3.46. The third-order valence-corrected chi connectivity index (χ3v) is 6.22. The van der Waals surface area contributed by atoms with Crippen molar-refractivity contribution >= 4 is 21.6 Å². The number of hydrogen-bond acceptors (Lipinski definition) is 3. The van der Waals surface area contributed by atoms with E-state index in [4.69, 9.17) is 0 Å². The SMILES string of the molecule is Cc1ccccc1CN(c1ccc(C(=O)NC2CCCC2)cc1)S(C)(=O)=O. The number of aryl methyl sites for hydroxylation is 1. The molecule has 0 radical (unpaired) electrons. The molecule has 27 heavy (non-hydrogen) atoms. The molecule has 1 saturated carbocycles. The van der Waals surface area contributed by atoms with Crippen LogP contribution in [0.25, 0.3) is 0 Å². The topological polar surface area (TPSA) is 66.5 Å². The van der Waals surface area contributed by atoms with Gasteiger partial charge in [0.2, 0.25) is 10.0 Å². The molecule has 0 atom stereocenters. The summed E-state index contributed by atoms with van der Waals surface area (Å²) in [5.41, 5.74) is 3.10. The highest BCUT2D eigenvalue weighted by molar-refractivity contribution is 7.92. The average Bonchev–Trinajstić information content (AvgIpc) is 3.13. The summed E-state index contributed by atoms with van der Waals surface area (Å²) in [7, 11) is -3.45. The molecule has 0 saturated heterocycles. The molecule has 2 aromatic rings. The predicted molar refractivity (Wildman–Crippen MR) is 108 cm³/mol. The van der Waals surface area contributed by atoms with Gasteiger partial charge in [-0.05, 0) is 55.2 Å². The highest BCUT2D eigenvalue weighted by Gasteiger charge is 2.20. The Morgan fingerprint density at radius 3 is 2.30 bits per heavy atom. The Morgan fingerprint density at radius 1 is 1.07 bits per heavy atom. The summed E-state index contributed by atoms with van der Waals surface area (Å²) in [6.45, 7) is 2.23. The van der Waals surface area contributed by atoms with Gasteiger partial charge < -0.3 is 5.32 Å². The van der Waals surface area contributed by atoms with E-state index in [0.29, 0.717) is 11.3 Å². The predicted octanol–water partition coefficient (Wildman–Crippen LogP) is 3.63. The number of benzene rings is 2. The second-order valence-corrected chi connectivity index (χ2v) is 9.10. The Morgan fingerprint density at radius 2 is 1.70 bits per heavy atom. The molecular formula is C21H26N2O3S. The molecule has 1 aliphatic carbocycles. The van der Waals surface area contributed by atoms with Crippen molar-refractivity contribution in [3.63, 3.8) is 0 Å². The van der Waals surface area contributed by atoms with Crippen LogP contribution in [0.15, 0.2) is 48.5 Å². The van der Waals surface area contributed by atoms with E-state index in [1.165, 1.54) is 10.6 Å². The molecule has 0 heterocycles. The largest absolute Gasteiger partial charge is 0.349 e. The normalized spacial score (nSPS) is 14.9. The Kier molecular flexibility index (Phi) is 5.85. The maximum Gasteiger partial charge on any atom is 0.251 e. The van der Waals surface area contributed by atoms with Gasteiger partial charge >= 0.3 is 0 Å². The van der Waals surface area contributed by atoms with Crippen LogP contribution in [0, 0.1) is 6.92 Å². The zero-order valence-electron chi connectivity index (χ0n) is 15.8. The minimum Gasteiger partial charge on any atom is -0.349 e. The van der Waals surface area contributed by atoms with Crippen molar-refractivity contribution in [3.8, 4) is 0 Å². The molecule has 1 N–H and O–H groups in total. The number of rotatable bonds is 6. The van der Waals surface area contributed by atoms with Crippen molar-refractivity contribution in [2.75, 3.05) is 10.6 Å². The molecule has 5 nitrogen and oxygen atoms in total. The van der Waals surface area contributed by atoms with Gasteiger partial charge in [0.15, 0.2) is 0 Å². The van der Waals surface area contributed by atoms with Gasteiger partial charge in [-0.2, -0.15) is 0 Å². The Balaban J connectivity index is 1.79. The van der Waals surface area contributed by atoms with E-state index in [-0.39, 0.29) is 18.5 Å². The second kappa shape index (κ2) is 8.13. The molecule has 0 spiro atoms. The van der Waals surface area contributed by atoms with E-state index >= 15 is 0 Å². The third kappa shape index (κ3) is 4.89. The van der Waals surface area contributed by atoms with Gasteiger partial charge in [0.05, 0.1) is 18.5 Å². The van der Waals surface area contributed by atoms with Crippen LogP contribution in [0.1, 0.15) is 47.2 Å². The first-order chi connectivity index (χ1) is 12.8. The zero-order valence-corrected chi connectivity index (χ0v) is 16.6. The number of sulfonamides is 1. The lowest BCUT2D eigenvalue weighted by atomic mass is 10.1. The summed E-state index contributed by atoms with van der Waals surface area (Å²) in [5.74, 6) is -0.0988. The van der Waals surface area contributed by atoms with Crippen LogP contribution in [0.4, 0.5) is 5.69 Å². The zero-order chi connectivity index (χ0) is 19.4. The molecule has 1 aliphatic rings. The molecule has 2 aromatic carbocycles. The van der Waals surface area contributed by atoms with Gasteiger partial charge in [-0.15, -0.1) is 0 Å². The summed E-state index contributed by atoms with van der Waals surface area (Å²) in [5, 5.41) is 3.05. The summed E-state index contributed by atoms with van der Waals surface area (Å²) >= 11 is 0. The van der Waals surface area contributed by atoms with Crippen molar-refractivity contribution in [1.82, 2.24) is 5.32 Å². The molecule has 0 aromatic heterocycles. The molecule has 6 heteroatoms. The van der Waals surface area contributed by atoms with E-state index in [0.717, 1.165) is 36.8 Å². The first-order valence-corrected chi connectivity index (χ1v) is 11.1. The van der Waals surface area contributed by atoms with E-state index in [1.54, 1.807) is 24.3 Å². The fourth-order valence-corrected chi connectivity index (χ4v) is 4.34. The molecule has 0 bridgehead atoms. The summed E-state index contributed by atoms with van der Waals surface area (Å²) in [6.07, 6.45) is 5.58. The maximum atomic E-state index is 12.4.